The summed E-state index contributed by atoms with van der Waals surface area (Å²) in [5.41, 5.74) is 2.29. The van der Waals surface area contributed by atoms with Gasteiger partial charge in [0.25, 0.3) is 0 Å². The maximum Gasteiger partial charge on any atom is 0.307 e. The molecular weight excluding hydrogens is 242 g/mol. The van der Waals surface area contributed by atoms with Crippen molar-refractivity contribution in [1.82, 2.24) is 4.57 Å². The normalized spacial score (nSPS) is 10.7. The highest BCUT2D eigenvalue weighted by Crippen LogP contribution is 2.26. The third kappa shape index (κ3) is 2.89. The number of aromatic nitrogens is 1. The maximum absolute atomic E-state index is 11.4. The number of aryl methyl sites for hydroxylation is 2. The Morgan fingerprint density at radius 1 is 1.37 bits per heavy atom. The van der Waals surface area contributed by atoms with Crippen molar-refractivity contribution < 1.29 is 14.3 Å². The second-order valence-corrected chi connectivity index (χ2v) is 4.45. The summed E-state index contributed by atoms with van der Waals surface area (Å²) in [6, 6.07) is 6.04. The molecule has 0 aliphatic carbocycles. The molecule has 0 amide bonds. The Hall–Kier alpha value is -1.97. The van der Waals surface area contributed by atoms with E-state index >= 15 is 0 Å². The van der Waals surface area contributed by atoms with Gasteiger partial charge in [-0.1, -0.05) is 0 Å². The molecule has 2 rings (SSSR count). The van der Waals surface area contributed by atoms with Crippen molar-refractivity contribution in [1.29, 1.82) is 0 Å². The molecule has 4 nitrogen and oxygen atoms in total. The number of nitrogens with zero attached hydrogens (tertiary/aromatic N) is 1. The van der Waals surface area contributed by atoms with Gasteiger partial charge in [0.15, 0.2) is 0 Å². The first kappa shape index (κ1) is 13.5. The summed E-state index contributed by atoms with van der Waals surface area (Å²) in [5, 5.41) is 1.13. The molecular formula is C15H19NO3. The van der Waals surface area contributed by atoms with E-state index in [9.17, 15) is 4.79 Å². The molecule has 1 aromatic carbocycles. The summed E-state index contributed by atoms with van der Waals surface area (Å²) in [7, 11) is 1.67. The monoisotopic (exact) mass is 261 g/mol. The Balaban J connectivity index is 2.23. The van der Waals surface area contributed by atoms with Gasteiger partial charge < -0.3 is 14.0 Å². The standard InChI is InChI=1S/C15H19NO3/c1-4-19-14(17)6-8-16-7-5-12-10-13(18-3)9-11(2)15(12)16/h5,7,9-10H,4,6,8H2,1-3H3. The van der Waals surface area contributed by atoms with Crippen molar-refractivity contribution >= 4 is 16.9 Å². The lowest BCUT2D eigenvalue weighted by atomic mass is 10.1. The number of hydrogen-bond acceptors (Lipinski definition) is 3. The van der Waals surface area contributed by atoms with E-state index in [2.05, 4.69) is 4.57 Å². The van der Waals surface area contributed by atoms with Crippen LogP contribution in [0.4, 0.5) is 0 Å². The Labute approximate surface area is 112 Å². The average molecular weight is 261 g/mol. The maximum atomic E-state index is 11.4. The lowest BCUT2D eigenvalue weighted by Crippen LogP contribution is -2.08. The van der Waals surface area contributed by atoms with E-state index in [1.54, 1.807) is 7.11 Å². The van der Waals surface area contributed by atoms with Crippen molar-refractivity contribution in [2.24, 2.45) is 0 Å². The number of carbonyl (C=O) groups excluding carboxylic acids is 1. The van der Waals surface area contributed by atoms with Gasteiger partial charge >= 0.3 is 5.97 Å². The van der Waals surface area contributed by atoms with Crippen LogP contribution < -0.4 is 4.74 Å². The van der Waals surface area contributed by atoms with Gasteiger partial charge in [0, 0.05) is 18.1 Å². The van der Waals surface area contributed by atoms with E-state index in [1.165, 1.54) is 0 Å². The minimum Gasteiger partial charge on any atom is -0.497 e. The molecule has 102 valence electrons. The molecule has 1 heterocycles. The third-order valence-electron chi connectivity index (χ3n) is 3.12. The fourth-order valence-corrected chi connectivity index (χ4v) is 2.29. The highest BCUT2D eigenvalue weighted by molar-refractivity contribution is 5.85. The summed E-state index contributed by atoms with van der Waals surface area (Å²) >= 11 is 0. The highest BCUT2D eigenvalue weighted by atomic mass is 16.5. The minimum atomic E-state index is -0.157. The Kier molecular flexibility index (Phi) is 4.10. The number of hydrogen-bond donors (Lipinski definition) is 0. The van der Waals surface area contributed by atoms with Gasteiger partial charge in [0.2, 0.25) is 0 Å². The molecule has 2 aromatic rings. The zero-order valence-electron chi connectivity index (χ0n) is 11.6. The number of esters is 1. The molecule has 0 radical (unpaired) electrons. The van der Waals surface area contributed by atoms with E-state index < -0.39 is 0 Å². The molecule has 0 fully saturated rings. The molecule has 0 saturated carbocycles. The van der Waals surface area contributed by atoms with Crippen LogP contribution in [0.1, 0.15) is 18.9 Å². The summed E-state index contributed by atoms with van der Waals surface area (Å²) in [6.45, 7) is 4.93. The zero-order valence-corrected chi connectivity index (χ0v) is 11.6. The first-order chi connectivity index (χ1) is 9.15. The van der Waals surface area contributed by atoms with Crippen LogP contribution in [0, 0.1) is 6.92 Å². The number of ether oxygens (including phenoxy) is 2. The fraction of sp³-hybridized carbons (Fsp3) is 0.400. The van der Waals surface area contributed by atoms with Crippen LogP contribution in [0.5, 0.6) is 5.75 Å². The van der Waals surface area contributed by atoms with Crippen LogP contribution in [0.3, 0.4) is 0 Å². The summed E-state index contributed by atoms with van der Waals surface area (Å²) in [6.07, 6.45) is 2.39. The lowest BCUT2D eigenvalue weighted by Gasteiger charge is -2.09. The van der Waals surface area contributed by atoms with Crippen LogP contribution in [0.2, 0.25) is 0 Å². The molecule has 4 heteroatoms. The van der Waals surface area contributed by atoms with Gasteiger partial charge in [-0.15, -0.1) is 0 Å². The van der Waals surface area contributed by atoms with Crippen LogP contribution in [-0.2, 0) is 16.1 Å². The number of fused-ring (bicyclic) bond motifs is 1. The van der Waals surface area contributed by atoms with E-state index in [0.29, 0.717) is 19.6 Å². The summed E-state index contributed by atoms with van der Waals surface area (Å²) < 4.78 is 12.3. The van der Waals surface area contributed by atoms with Crippen molar-refractivity contribution in [2.75, 3.05) is 13.7 Å². The molecule has 0 aliphatic heterocycles. The fourth-order valence-electron chi connectivity index (χ4n) is 2.29. The molecule has 0 bridgehead atoms. The van der Waals surface area contributed by atoms with Crippen LogP contribution in [0.15, 0.2) is 24.4 Å². The first-order valence-corrected chi connectivity index (χ1v) is 6.44. The highest BCUT2D eigenvalue weighted by Gasteiger charge is 2.08. The van der Waals surface area contributed by atoms with Gasteiger partial charge in [-0.05, 0) is 37.6 Å². The Morgan fingerprint density at radius 3 is 2.84 bits per heavy atom. The molecule has 0 spiro atoms. The van der Waals surface area contributed by atoms with E-state index in [0.717, 1.165) is 22.2 Å². The third-order valence-corrected chi connectivity index (χ3v) is 3.12. The second-order valence-electron chi connectivity index (χ2n) is 4.45. The second kappa shape index (κ2) is 5.78. The van der Waals surface area contributed by atoms with E-state index in [-0.39, 0.29) is 5.97 Å². The number of benzene rings is 1. The van der Waals surface area contributed by atoms with Gasteiger partial charge in [0.1, 0.15) is 5.75 Å². The molecule has 0 aliphatic rings. The van der Waals surface area contributed by atoms with Crippen LogP contribution >= 0.6 is 0 Å². The van der Waals surface area contributed by atoms with Gasteiger partial charge in [-0.25, -0.2) is 0 Å². The quantitative estimate of drug-likeness (QED) is 0.777. The number of methoxy groups -OCH3 is 1. The predicted molar refractivity (Wildman–Crippen MR) is 74.5 cm³/mol. The summed E-state index contributed by atoms with van der Waals surface area (Å²) in [5.74, 6) is 0.698. The van der Waals surface area contributed by atoms with Crippen LogP contribution in [0.25, 0.3) is 10.9 Å². The smallest absolute Gasteiger partial charge is 0.307 e. The first-order valence-electron chi connectivity index (χ1n) is 6.44. The Morgan fingerprint density at radius 2 is 2.16 bits per heavy atom. The number of carbonyl (C=O) groups is 1. The SMILES string of the molecule is CCOC(=O)CCn1ccc2cc(OC)cc(C)c21. The average Bonchev–Trinajstić information content (AvgIpc) is 2.80. The van der Waals surface area contributed by atoms with Gasteiger partial charge in [0.05, 0.1) is 25.7 Å². The molecule has 1 aromatic heterocycles. The molecule has 0 atom stereocenters. The lowest BCUT2D eigenvalue weighted by molar-refractivity contribution is -0.143. The zero-order chi connectivity index (χ0) is 13.8. The van der Waals surface area contributed by atoms with E-state index in [4.69, 9.17) is 9.47 Å². The van der Waals surface area contributed by atoms with Crippen molar-refractivity contribution in [3.8, 4) is 5.75 Å². The van der Waals surface area contributed by atoms with Crippen molar-refractivity contribution in [2.45, 2.75) is 26.8 Å². The Bertz CT molecular complexity index is 586. The van der Waals surface area contributed by atoms with Crippen molar-refractivity contribution in [3.63, 3.8) is 0 Å². The largest absolute Gasteiger partial charge is 0.497 e. The molecule has 0 saturated heterocycles. The number of rotatable bonds is 5. The van der Waals surface area contributed by atoms with Gasteiger partial charge in [-0.2, -0.15) is 0 Å². The van der Waals surface area contributed by atoms with Gasteiger partial charge in [-0.3, -0.25) is 4.79 Å². The van der Waals surface area contributed by atoms with Crippen LogP contribution in [-0.4, -0.2) is 24.3 Å². The minimum absolute atomic E-state index is 0.157. The molecule has 0 unspecified atom stereocenters. The van der Waals surface area contributed by atoms with E-state index in [1.807, 2.05) is 38.2 Å². The predicted octanol–water partition coefficient (Wildman–Crippen LogP) is 2.91. The summed E-state index contributed by atoms with van der Waals surface area (Å²) in [4.78, 5) is 11.4. The molecule has 19 heavy (non-hydrogen) atoms. The topological polar surface area (TPSA) is 40.5 Å². The molecule has 0 N–H and O–H groups in total. The van der Waals surface area contributed by atoms with Crippen molar-refractivity contribution in [3.05, 3.63) is 30.0 Å².